The Balaban J connectivity index is 2.13. The van der Waals surface area contributed by atoms with Crippen LogP contribution in [0, 0.1) is 6.92 Å². The maximum atomic E-state index is 5.37. The summed E-state index contributed by atoms with van der Waals surface area (Å²) in [6, 6.07) is 15.8. The topological polar surface area (TPSA) is 47.0 Å². The van der Waals surface area contributed by atoms with Gasteiger partial charge in [-0.2, -0.15) is 10.2 Å². The van der Waals surface area contributed by atoms with E-state index in [4.69, 9.17) is 4.74 Å². The van der Waals surface area contributed by atoms with Gasteiger partial charge in [-0.3, -0.25) is 0 Å². The van der Waals surface area contributed by atoms with Crippen LogP contribution in [0.5, 0.6) is 5.75 Å². The second-order valence-corrected chi connectivity index (χ2v) is 4.50. The van der Waals surface area contributed by atoms with Crippen LogP contribution in [0.1, 0.15) is 5.69 Å². The van der Waals surface area contributed by atoms with E-state index in [1.54, 1.807) is 7.11 Å². The minimum Gasteiger partial charge on any atom is -0.495 e. The molecule has 3 aromatic rings. The molecular weight excluding hydrogens is 250 g/mol. The zero-order chi connectivity index (χ0) is 13.9. The fourth-order valence-corrected chi connectivity index (χ4v) is 2.19. The molecule has 0 radical (unpaired) electrons. The number of benzene rings is 2. The lowest BCUT2D eigenvalue weighted by atomic mass is 10.1. The summed E-state index contributed by atoms with van der Waals surface area (Å²) in [6.45, 7) is 1.94. The molecule has 0 aliphatic heterocycles. The number of hydrogen-bond acceptors (Lipinski definition) is 4. The Kier molecular flexibility index (Phi) is 3.21. The van der Waals surface area contributed by atoms with Crippen LogP contribution in [0.25, 0.3) is 10.9 Å². The van der Waals surface area contributed by atoms with Crippen molar-refractivity contribution in [3.8, 4) is 5.75 Å². The molecule has 100 valence electrons. The number of hydrogen-bond donors (Lipinski definition) is 1. The van der Waals surface area contributed by atoms with Crippen molar-refractivity contribution in [1.82, 2.24) is 10.2 Å². The van der Waals surface area contributed by atoms with Gasteiger partial charge in [-0.15, -0.1) is 0 Å². The van der Waals surface area contributed by atoms with Crippen LogP contribution in [0.3, 0.4) is 0 Å². The van der Waals surface area contributed by atoms with E-state index < -0.39 is 0 Å². The van der Waals surface area contributed by atoms with Gasteiger partial charge in [-0.25, -0.2) is 0 Å². The third kappa shape index (κ3) is 2.16. The summed E-state index contributed by atoms with van der Waals surface area (Å²) in [5.74, 6) is 0.799. The molecule has 0 fully saturated rings. The predicted molar refractivity (Wildman–Crippen MR) is 80.6 cm³/mol. The molecule has 4 heteroatoms. The Hall–Kier alpha value is -2.62. The summed E-state index contributed by atoms with van der Waals surface area (Å²) in [5, 5.41) is 12.9. The monoisotopic (exact) mass is 265 g/mol. The van der Waals surface area contributed by atoms with Gasteiger partial charge in [0.15, 0.2) is 0 Å². The molecule has 0 atom stereocenters. The Bertz CT molecular complexity index is 756. The number of rotatable bonds is 3. The number of methoxy groups -OCH3 is 1. The molecule has 4 nitrogen and oxygen atoms in total. The third-order valence-electron chi connectivity index (χ3n) is 3.21. The number of nitrogens with zero attached hydrogens (tertiary/aromatic N) is 2. The molecular formula is C16H15N3O. The summed E-state index contributed by atoms with van der Waals surface area (Å²) in [6.07, 6.45) is 0. The van der Waals surface area contributed by atoms with Crippen LogP contribution in [0.15, 0.2) is 48.5 Å². The van der Waals surface area contributed by atoms with Gasteiger partial charge in [0.2, 0.25) is 0 Å². The lowest BCUT2D eigenvalue weighted by Crippen LogP contribution is -2.00. The van der Waals surface area contributed by atoms with E-state index in [0.29, 0.717) is 0 Å². The predicted octanol–water partition coefficient (Wildman–Crippen LogP) is 3.69. The molecule has 0 aliphatic carbocycles. The quantitative estimate of drug-likeness (QED) is 0.784. The van der Waals surface area contributed by atoms with Gasteiger partial charge in [0, 0.05) is 5.39 Å². The first kappa shape index (κ1) is 12.4. The van der Waals surface area contributed by atoms with Gasteiger partial charge in [-0.05, 0) is 25.1 Å². The van der Waals surface area contributed by atoms with Crippen molar-refractivity contribution in [3.63, 3.8) is 0 Å². The van der Waals surface area contributed by atoms with Gasteiger partial charge >= 0.3 is 0 Å². The van der Waals surface area contributed by atoms with Crippen molar-refractivity contribution < 1.29 is 4.74 Å². The number of anilines is 2. The molecule has 0 bridgehead atoms. The van der Waals surface area contributed by atoms with E-state index in [1.165, 1.54) is 0 Å². The van der Waals surface area contributed by atoms with Crippen LogP contribution in [-0.4, -0.2) is 17.3 Å². The lowest BCUT2D eigenvalue weighted by molar-refractivity contribution is 0.417. The van der Waals surface area contributed by atoms with Crippen molar-refractivity contribution in [2.24, 2.45) is 0 Å². The molecule has 1 N–H and O–H groups in total. The summed E-state index contributed by atoms with van der Waals surface area (Å²) >= 11 is 0. The highest BCUT2D eigenvalue weighted by Crippen LogP contribution is 2.31. The maximum Gasteiger partial charge on any atom is 0.142 e. The van der Waals surface area contributed by atoms with Crippen LogP contribution in [-0.2, 0) is 0 Å². The number of ether oxygens (including phenoxy) is 1. The SMILES string of the molecule is COc1ccccc1Nc1c(C)nnc2ccccc12. The van der Waals surface area contributed by atoms with Gasteiger partial charge < -0.3 is 10.1 Å². The molecule has 3 rings (SSSR count). The second-order valence-electron chi connectivity index (χ2n) is 4.50. The summed E-state index contributed by atoms with van der Waals surface area (Å²) in [5.41, 5.74) is 3.60. The van der Waals surface area contributed by atoms with Crippen LogP contribution >= 0.6 is 0 Å². The van der Waals surface area contributed by atoms with Gasteiger partial charge in [0.05, 0.1) is 29.7 Å². The van der Waals surface area contributed by atoms with E-state index in [-0.39, 0.29) is 0 Å². The first-order chi connectivity index (χ1) is 9.79. The van der Waals surface area contributed by atoms with E-state index in [9.17, 15) is 0 Å². The fourth-order valence-electron chi connectivity index (χ4n) is 2.19. The molecule has 1 aromatic heterocycles. The summed E-state index contributed by atoms with van der Waals surface area (Å²) < 4.78 is 5.37. The minimum atomic E-state index is 0.799. The lowest BCUT2D eigenvalue weighted by Gasteiger charge is -2.14. The number of fused-ring (bicyclic) bond motifs is 1. The first-order valence-corrected chi connectivity index (χ1v) is 6.41. The van der Waals surface area contributed by atoms with Crippen molar-refractivity contribution in [2.45, 2.75) is 6.92 Å². The molecule has 20 heavy (non-hydrogen) atoms. The molecule has 0 aliphatic rings. The zero-order valence-electron chi connectivity index (χ0n) is 11.4. The van der Waals surface area contributed by atoms with Crippen LogP contribution < -0.4 is 10.1 Å². The Morgan fingerprint density at radius 2 is 1.70 bits per heavy atom. The highest BCUT2D eigenvalue weighted by atomic mass is 16.5. The van der Waals surface area contributed by atoms with Gasteiger partial charge in [-0.1, -0.05) is 30.3 Å². The van der Waals surface area contributed by atoms with E-state index in [0.717, 1.165) is 33.7 Å². The summed E-state index contributed by atoms with van der Waals surface area (Å²) in [4.78, 5) is 0. The van der Waals surface area contributed by atoms with E-state index in [2.05, 4.69) is 15.5 Å². The standard InChI is InChI=1S/C16H15N3O/c1-11-16(12-7-3-4-8-13(12)19-18-11)17-14-9-5-6-10-15(14)20-2/h3-10H,1-2H3,(H,17,19). The molecule has 0 saturated carbocycles. The zero-order valence-corrected chi connectivity index (χ0v) is 11.4. The molecule has 2 aromatic carbocycles. The molecule has 0 saturated heterocycles. The third-order valence-corrected chi connectivity index (χ3v) is 3.21. The maximum absolute atomic E-state index is 5.37. The van der Waals surface area contributed by atoms with Crippen molar-refractivity contribution in [3.05, 3.63) is 54.2 Å². The largest absolute Gasteiger partial charge is 0.495 e. The Morgan fingerprint density at radius 1 is 0.950 bits per heavy atom. The average molecular weight is 265 g/mol. The minimum absolute atomic E-state index is 0.799. The number of aryl methyl sites for hydroxylation is 1. The molecule has 0 spiro atoms. The van der Waals surface area contributed by atoms with Gasteiger partial charge in [0.1, 0.15) is 5.75 Å². The van der Waals surface area contributed by atoms with Crippen molar-refractivity contribution >= 4 is 22.3 Å². The van der Waals surface area contributed by atoms with Crippen LogP contribution in [0.2, 0.25) is 0 Å². The highest BCUT2D eigenvalue weighted by molar-refractivity contribution is 5.94. The summed E-state index contributed by atoms with van der Waals surface area (Å²) in [7, 11) is 1.66. The number of nitrogens with one attached hydrogen (secondary N) is 1. The Labute approximate surface area is 117 Å². The molecule has 1 heterocycles. The first-order valence-electron chi connectivity index (χ1n) is 6.41. The number of aromatic nitrogens is 2. The van der Waals surface area contributed by atoms with Crippen molar-refractivity contribution in [1.29, 1.82) is 0 Å². The van der Waals surface area contributed by atoms with E-state index in [1.807, 2.05) is 55.5 Å². The normalized spacial score (nSPS) is 10.5. The molecule has 0 unspecified atom stereocenters. The smallest absolute Gasteiger partial charge is 0.142 e. The second kappa shape index (κ2) is 5.17. The Morgan fingerprint density at radius 3 is 2.55 bits per heavy atom. The van der Waals surface area contributed by atoms with Crippen LogP contribution in [0.4, 0.5) is 11.4 Å². The highest BCUT2D eigenvalue weighted by Gasteiger charge is 2.09. The average Bonchev–Trinajstić information content (AvgIpc) is 2.50. The van der Waals surface area contributed by atoms with Gasteiger partial charge in [0.25, 0.3) is 0 Å². The van der Waals surface area contributed by atoms with E-state index >= 15 is 0 Å². The fraction of sp³-hybridized carbons (Fsp3) is 0.125. The molecule has 0 amide bonds. The number of para-hydroxylation sites is 2. The van der Waals surface area contributed by atoms with Crippen molar-refractivity contribution in [2.75, 3.05) is 12.4 Å².